The van der Waals surface area contributed by atoms with Gasteiger partial charge in [0.1, 0.15) is 0 Å². The van der Waals surface area contributed by atoms with Crippen LogP contribution < -0.4 is 5.43 Å². The summed E-state index contributed by atoms with van der Waals surface area (Å²) < 4.78 is 0. The summed E-state index contributed by atoms with van der Waals surface area (Å²) in [6.45, 7) is 5.83. The molecule has 0 fully saturated rings. The molecule has 0 aliphatic carbocycles. The number of hydrogen-bond donors (Lipinski definition) is 1. The van der Waals surface area contributed by atoms with Gasteiger partial charge in [0, 0.05) is 11.4 Å². The molecule has 1 aromatic heterocycles. The van der Waals surface area contributed by atoms with Crippen LogP contribution in [-0.4, -0.2) is 15.7 Å². The van der Waals surface area contributed by atoms with E-state index in [9.17, 15) is 0 Å². The molecule has 2 aromatic rings. The zero-order chi connectivity index (χ0) is 13.0. The molecule has 4 nitrogen and oxygen atoms in total. The summed E-state index contributed by atoms with van der Waals surface area (Å²) in [5.41, 5.74) is 6.73. The van der Waals surface area contributed by atoms with Crippen molar-refractivity contribution in [3.8, 4) is 0 Å². The maximum Gasteiger partial charge on any atom is 0.243 e. The average Bonchev–Trinajstić information content (AvgIpc) is 2.36. The second-order valence-corrected chi connectivity index (χ2v) is 4.15. The van der Waals surface area contributed by atoms with Gasteiger partial charge in [-0.2, -0.15) is 5.10 Å². The van der Waals surface area contributed by atoms with E-state index in [4.69, 9.17) is 0 Å². The molecular weight excluding hydrogens is 224 g/mol. The van der Waals surface area contributed by atoms with Crippen molar-refractivity contribution in [2.75, 3.05) is 5.43 Å². The Balaban J connectivity index is 2.15. The quantitative estimate of drug-likeness (QED) is 0.663. The molecule has 92 valence electrons. The first-order valence-electron chi connectivity index (χ1n) is 5.83. The minimum atomic E-state index is 0.530. The summed E-state index contributed by atoms with van der Waals surface area (Å²) in [5.74, 6) is 0.530. The fraction of sp³-hybridized carbons (Fsp3) is 0.214. The van der Waals surface area contributed by atoms with Gasteiger partial charge in [-0.1, -0.05) is 30.3 Å². The first-order valence-corrected chi connectivity index (χ1v) is 5.83. The smallest absolute Gasteiger partial charge is 0.243 e. The number of benzene rings is 1. The van der Waals surface area contributed by atoms with Crippen LogP contribution in [0.1, 0.15) is 23.9 Å². The van der Waals surface area contributed by atoms with Crippen LogP contribution in [0.2, 0.25) is 0 Å². The van der Waals surface area contributed by atoms with Gasteiger partial charge in [0.25, 0.3) is 0 Å². The first-order chi connectivity index (χ1) is 8.65. The van der Waals surface area contributed by atoms with Crippen LogP contribution in [0, 0.1) is 13.8 Å². The molecule has 2 rings (SSSR count). The summed E-state index contributed by atoms with van der Waals surface area (Å²) in [5, 5.41) is 4.29. The highest BCUT2D eigenvalue weighted by atomic mass is 15.4. The van der Waals surface area contributed by atoms with Crippen LogP contribution >= 0.6 is 0 Å². The number of rotatable bonds is 3. The Morgan fingerprint density at radius 2 is 1.67 bits per heavy atom. The van der Waals surface area contributed by atoms with E-state index < -0.39 is 0 Å². The van der Waals surface area contributed by atoms with Gasteiger partial charge in [0.05, 0.1) is 5.71 Å². The summed E-state index contributed by atoms with van der Waals surface area (Å²) in [6, 6.07) is 11.9. The highest BCUT2D eigenvalue weighted by Crippen LogP contribution is 2.05. The number of anilines is 1. The monoisotopic (exact) mass is 240 g/mol. The Morgan fingerprint density at radius 1 is 1.06 bits per heavy atom. The molecule has 0 aliphatic rings. The first kappa shape index (κ1) is 12.2. The molecule has 0 amide bonds. The second-order valence-electron chi connectivity index (χ2n) is 4.15. The van der Waals surface area contributed by atoms with Crippen LogP contribution in [0.25, 0.3) is 0 Å². The molecule has 1 N–H and O–H groups in total. The largest absolute Gasteiger partial charge is 0.245 e. The maximum atomic E-state index is 4.29. The van der Waals surface area contributed by atoms with E-state index in [0.717, 1.165) is 22.7 Å². The number of aryl methyl sites for hydroxylation is 2. The lowest BCUT2D eigenvalue weighted by Gasteiger charge is -2.04. The van der Waals surface area contributed by atoms with Gasteiger partial charge in [0.2, 0.25) is 5.95 Å². The van der Waals surface area contributed by atoms with Crippen molar-refractivity contribution in [2.24, 2.45) is 5.10 Å². The Bertz CT molecular complexity index is 541. The topological polar surface area (TPSA) is 50.2 Å². The van der Waals surface area contributed by atoms with Gasteiger partial charge < -0.3 is 0 Å². The summed E-state index contributed by atoms with van der Waals surface area (Å²) in [6.07, 6.45) is 0. The van der Waals surface area contributed by atoms with Crippen molar-refractivity contribution in [3.63, 3.8) is 0 Å². The SMILES string of the molecule is C/C(=N\Nc1nc(C)cc(C)n1)c1ccccc1. The number of hydrazone groups is 1. The van der Waals surface area contributed by atoms with Crippen LogP contribution in [0.4, 0.5) is 5.95 Å². The van der Waals surface area contributed by atoms with Gasteiger partial charge in [-0.15, -0.1) is 0 Å². The Hall–Kier alpha value is -2.23. The van der Waals surface area contributed by atoms with Gasteiger partial charge in [0.15, 0.2) is 0 Å². The predicted molar refractivity (Wildman–Crippen MR) is 73.8 cm³/mol. The predicted octanol–water partition coefficient (Wildman–Crippen LogP) is 2.93. The summed E-state index contributed by atoms with van der Waals surface area (Å²) >= 11 is 0. The average molecular weight is 240 g/mol. The minimum Gasteiger partial charge on any atom is -0.245 e. The minimum absolute atomic E-state index is 0.530. The van der Waals surface area contributed by atoms with E-state index in [2.05, 4.69) is 20.5 Å². The lowest BCUT2D eigenvalue weighted by atomic mass is 10.1. The second kappa shape index (κ2) is 5.40. The van der Waals surface area contributed by atoms with Crippen LogP contribution in [0.3, 0.4) is 0 Å². The Kier molecular flexibility index (Phi) is 3.67. The molecule has 0 unspecified atom stereocenters. The standard InChI is InChI=1S/C14H16N4/c1-10-9-11(2)16-14(15-10)18-17-12(3)13-7-5-4-6-8-13/h4-9H,1-3H3,(H,15,16,18)/b17-12+. The van der Waals surface area contributed by atoms with Gasteiger partial charge in [-0.05, 0) is 32.4 Å². The molecule has 4 heteroatoms. The summed E-state index contributed by atoms with van der Waals surface area (Å²) in [7, 11) is 0. The maximum absolute atomic E-state index is 4.29. The van der Waals surface area contributed by atoms with Crippen molar-refractivity contribution in [1.29, 1.82) is 0 Å². The summed E-state index contributed by atoms with van der Waals surface area (Å²) in [4.78, 5) is 8.54. The van der Waals surface area contributed by atoms with Crippen molar-refractivity contribution in [1.82, 2.24) is 9.97 Å². The van der Waals surface area contributed by atoms with E-state index in [-0.39, 0.29) is 0 Å². The van der Waals surface area contributed by atoms with E-state index in [1.165, 1.54) is 0 Å². The van der Waals surface area contributed by atoms with Gasteiger partial charge in [-0.25, -0.2) is 15.4 Å². The van der Waals surface area contributed by atoms with Gasteiger partial charge in [-0.3, -0.25) is 0 Å². The third-order valence-electron chi connectivity index (χ3n) is 2.50. The highest BCUT2D eigenvalue weighted by molar-refractivity contribution is 5.98. The number of nitrogens with one attached hydrogen (secondary N) is 1. The van der Waals surface area contributed by atoms with Crippen molar-refractivity contribution in [2.45, 2.75) is 20.8 Å². The van der Waals surface area contributed by atoms with Crippen LogP contribution in [0.15, 0.2) is 41.5 Å². The van der Waals surface area contributed by atoms with Crippen molar-refractivity contribution < 1.29 is 0 Å². The van der Waals surface area contributed by atoms with Crippen LogP contribution in [-0.2, 0) is 0 Å². The zero-order valence-electron chi connectivity index (χ0n) is 10.8. The molecule has 1 heterocycles. The van der Waals surface area contributed by atoms with E-state index >= 15 is 0 Å². The van der Waals surface area contributed by atoms with E-state index in [1.54, 1.807) is 0 Å². The third-order valence-corrected chi connectivity index (χ3v) is 2.50. The molecule has 0 aliphatic heterocycles. The van der Waals surface area contributed by atoms with Gasteiger partial charge >= 0.3 is 0 Å². The number of nitrogens with zero attached hydrogens (tertiary/aromatic N) is 3. The molecular formula is C14H16N4. The fourth-order valence-electron chi connectivity index (χ4n) is 1.65. The number of aromatic nitrogens is 2. The lowest BCUT2D eigenvalue weighted by Crippen LogP contribution is -2.03. The van der Waals surface area contributed by atoms with E-state index in [1.807, 2.05) is 57.2 Å². The van der Waals surface area contributed by atoms with Crippen molar-refractivity contribution >= 4 is 11.7 Å². The molecule has 0 bridgehead atoms. The zero-order valence-corrected chi connectivity index (χ0v) is 10.8. The number of hydrogen-bond acceptors (Lipinski definition) is 4. The normalized spacial score (nSPS) is 11.4. The highest BCUT2D eigenvalue weighted by Gasteiger charge is 1.99. The third kappa shape index (κ3) is 3.13. The molecule has 0 spiro atoms. The van der Waals surface area contributed by atoms with Crippen molar-refractivity contribution in [3.05, 3.63) is 53.3 Å². The molecule has 18 heavy (non-hydrogen) atoms. The fourth-order valence-corrected chi connectivity index (χ4v) is 1.65. The van der Waals surface area contributed by atoms with E-state index in [0.29, 0.717) is 5.95 Å². The molecule has 0 atom stereocenters. The molecule has 0 saturated carbocycles. The lowest BCUT2D eigenvalue weighted by molar-refractivity contribution is 1.03. The molecule has 0 saturated heterocycles. The Labute approximate surface area is 107 Å². The Morgan fingerprint density at radius 3 is 2.28 bits per heavy atom. The molecule has 1 aromatic carbocycles. The molecule has 0 radical (unpaired) electrons. The van der Waals surface area contributed by atoms with Crippen LogP contribution in [0.5, 0.6) is 0 Å².